The van der Waals surface area contributed by atoms with Gasteiger partial charge in [0.25, 0.3) is 0 Å². The Balaban J connectivity index is 2.18. The van der Waals surface area contributed by atoms with Gasteiger partial charge in [0, 0.05) is 4.88 Å². The fourth-order valence-electron chi connectivity index (χ4n) is 0.799. The predicted molar refractivity (Wildman–Crippen MR) is 52.2 cm³/mol. The van der Waals surface area contributed by atoms with E-state index in [1.807, 2.05) is 17.5 Å². The van der Waals surface area contributed by atoms with Crippen molar-refractivity contribution in [3.63, 3.8) is 0 Å². The molecule has 0 aliphatic carbocycles. The zero-order valence-corrected chi connectivity index (χ0v) is 8.13. The molecule has 76 valence electrons. The van der Waals surface area contributed by atoms with Crippen LogP contribution in [-0.2, 0) is 11.3 Å². The summed E-state index contributed by atoms with van der Waals surface area (Å²) in [5.41, 5.74) is 0. The second kappa shape index (κ2) is 5.23. The number of carboxylic acid groups (broad SMARTS) is 1. The minimum atomic E-state index is -1.06. The molecule has 14 heavy (non-hydrogen) atoms. The van der Waals surface area contributed by atoms with Gasteiger partial charge in [-0.1, -0.05) is 6.07 Å². The minimum absolute atomic E-state index is 0.365. The maximum absolute atomic E-state index is 11.0. The van der Waals surface area contributed by atoms with E-state index >= 15 is 0 Å². The smallest absolute Gasteiger partial charge is 0.323 e. The van der Waals surface area contributed by atoms with Crippen LogP contribution in [0.2, 0.25) is 0 Å². The average molecular weight is 214 g/mol. The standard InChI is InChI=1S/C8H10N2O3S/c11-7(12)5-10-8(13)9-4-6-2-1-3-14-6/h1-3H,4-5H2,(H,11,12)(H2,9,10,13). The first-order valence-corrected chi connectivity index (χ1v) is 4.82. The van der Waals surface area contributed by atoms with E-state index < -0.39 is 12.0 Å². The lowest BCUT2D eigenvalue weighted by Gasteiger charge is -2.03. The Morgan fingerprint density at radius 3 is 2.79 bits per heavy atom. The molecule has 0 bridgehead atoms. The summed E-state index contributed by atoms with van der Waals surface area (Å²) >= 11 is 1.53. The average Bonchev–Trinajstić information content (AvgIpc) is 2.63. The molecule has 0 unspecified atom stereocenters. The van der Waals surface area contributed by atoms with Gasteiger partial charge in [-0.05, 0) is 11.4 Å². The van der Waals surface area contributed by atoms with E-state index in [4.69, 9.17) is 5.11 Å². The van der Waals surface area contributed by atoms with Gasteiger partial charge in [0.05, 0.1) is 6.54 Å². The van der Waals surface area contributed by atoms with Crippen molar-refractivity contribution in [3.05, 3.63) is 22.4 Å². The van der Waals surface area contributed by atoms with Crippen molar-refractivity contribution in [1.29, 1.82) is 0 Å². The third-order valence-electron chi connectivity index (χ3n) is 1.40. The van der Waals surface area contributed by atoms with E-state index in [2.05, 4.69) is 10.6 Å². The van der Waals surface area contributed by atoms with Gasteiger partial charge in [0.1, 0.15) is 6.54 Å². The normalized spacial score (nSPS) is 9.43. The summed E-state index contributed by atoms with van der Waals surface area (Å²) in [6, 6.07) is 3.31. The van der Waals surface area contributed by atoms with Crippen molar-refractivity contribution in [2.45, 2.75) is 6.54 Å². The number of aliphatic carboxylic acids is 1. The monoisotopic (exact) mass is 214 g/mol. The summed E-state index contributed by atoms with van der Waals surface area (Å²) in [5, 5.41) is 14.9. The Kier molecular flexibility index (Phi) is 3.93. The van der Waals surface area contributed by atoms with E-state index in [0.717, 1.165) is 4.88 Å². The highest BCUT2D eigenvalue weighted by atomic mass is 32.1. The fraction of sp³-hybridized carbons (Fsp3) is 0.250. The van der Waals surface area contributed by atoms with Crippen LogP contribution in [0.5, 0.6) is 0 Å². The molecule has 0 aliphatic rings. The first-order chi connectivity index (χ1) is 6.68. The molecule has 0 aromatic carbocycles. The topological polar surface area (TPSA) is 78.4 Å². The molecule has 1 aromatic heterocycles. The van der Waals surface area contributed by atoms with Crippen LogP contribution in [0.1, 0.15) is 4.88 Å². The van der Waals surface area contributed by atoms with Crippen LogP contribution in [0, 0.1) is 0 Å². The number of hydrogen-bond donors (Lipinski definition) is 3. The van der Waals surface area contributed by atoms with E-state index in [0.29, 0.717) is 6.54 Å². The van der Waals surface area contributed by atoms with Crippen molar-refractivity contribution in [2.75, 3.05) is 6.54 Å². The molecule has 0 saturated carbocycles. The molecule has 1 heterocycles. The molecule has 0 spiro atoms. The van der Waals surface area contributed by atoms with E-state index in [-0.39, 0.29) is 6.54 Å². The van der Waals surface area contributed by atoms with Crippen LogP contribution in [0.4, 0.5) is 4.79 Å². The number of thiophene rings is 1. The Bertz CT molecular complexity index is 310. The molecule has 1 rings (SSSR count). The highest BCUT2D eigenvalue weighted by Gasteiger charge is 2.02. The van der Waals surface area contributed by atoms with Crippen LogP contribution >= 0.6 is 11.3 Å². The van der Waals surface area contributed by atoms with Crippen molar-refractivity contribution >= 4 is 23.3 Å². The quantitative estimate of drug-likeness (QED) is 0.688. The number of rotatable bonds is 4. The lowest BCUT2D eigenvalue weighted by Crippen LogP contribution is -2.37. The molecule has 0 radical (unpaired) electrons. The molecule has 5 nitrogen and oxygen atoms in total. The number of hydrogen-bond acceptors (Lipinski definition) is 3. The number of nitrogens with one attached hydrogen (secondary N) is 2. The summed E-state index contributed by atoms with van der Waals surface area (Å²) in [6.07, 6.45) is 0. The first-order valence-electron chi connectivity index (χ1n) is 3.94. The molecule has 0 fully saturated rings. The highest BCUT2D eigenvalue weighted by molar-refractivity contribution is 7.09. The highest BCUT2D eigenvalue weighted by Crippen LogP contribution is 2.06. The van der Waals surface area contributed by atoms with E-state index in [1.165, 1.54) is 11.3 Å². The maximum Gasteiger partial charge on any atom is 0.323 e. The minimum Gasteiger partial charge on any atom is -0.480 e. The fourth-order valence-corrected chi connectivity index (χ4v) is 1.44. The molecule has 1 aromatic rings. The Hall–Kier alpha value is -1.56. The van der Waals surface area contributed by atoms with Gasteiger partial charge >= 0.3 is 12.0 Å². The summed E-state index contributed by atoms with van der Waals surface area (Å²) in [5.74, 6) is -1.06. The van der Waals surface area contributed by atoms with Crippen molar-refractivity contribution in [3.8, 4) is 0 Å². The van der Waals surface area contributed by atoms with Gasteiger partial charge in [0.2, 0.25) is 0 Å². The summed E-state index contributed by atoms with van der Waals surface area (Å²) < 4.78 is 0. The molecule has 0 aliphatic heterocycles. The second-order valence-electron chi connectivity index (χ2n) is 2.51. The van der Waals surface area contributed by atoms with Gasteiger partial charge in [-0.3, -0.25) is 4.79 Å². The van der Waals surface area contributed by atoms with Crippen molar-refractivity contribution in [1.82, 2.24) is 10.6 Å². The van der Waals surface area contributed by atoms with Crippen LogP contribution in [-0.4, -0.2) is 23.7 Å². The molecule has 2 amide bonds. The maximum atomic E-state index is 11.0. The largest absolute Gasteiger partial charge is 0.480 e. The number of amides is 2. The van der Waals surface area contributed by atoms with Gasteiger partial charge in [-0.2, -0.15) is 0 Å². The Morgan fingerprint density at radius 2 is 2.21 bits per heavy atom. The second-order valence-corrected chi connectivity index (χ2v) is 3.54. The SMILES string of the molecule is O=C(O)CNC(=O)NCc1cccs1. The molecule has 3 N–H and O–H groups in total. The van der Waals surface area contributed by atoms with Gasteiger partial charge in [0.15, 0.2) is 0 Å². The molecule has 0 atom stereocenters. The Labute approximate surface area is 84.7 Å². The van der Waals surface area contributed by atoms with E-state index in [9.17, 15) is 9.59 Å². The number of carboxylic acids is 1. The number of carbonyl (C=O) groups is 2. The van der Waals surface area contributed by atoms with Crippen LogP contribution in [0.3, 0.4) is 0 Å². The van der Waals surface area contributed by atoms with E-state index in [1.54, 1.807) is 0 Å². The van der Waals surface area contributed by atoms with Gasteiger partial charge in [-0.15, -0.1) is 11.3 Å². The number of carbonyl (C=O) groups excluding carboxylic acids is 1. The van der Waals surface area contributed by atoms with Gasteiger partial charge in [-0.25, -0.2) is 4.79 Å². The van der Waals surface area contributed by atoms with Gasteiger partial charge < -0.3 is 15.7 Å². The lowest BCUT2D eigenvalue weighted by molar-refractivity contribution is -0.135. The lowest BCUT2D eigenvalue weighted by atomic mass is 10.5. The van der Waals surface area contributed by atoms with Crippen molar-refractivity contribution < 1.29 is 14.7 Å². The molecular formula is C8H10N2O3S. The number of urea groups is 1. The van der Waals surface area contributed by atoms with Crippen LogP contribution in [0.25, 0.3) is 0 Å². The molecule has 0 saturated heterocycles. The van der Waals surface area contributed by atoms with Crippen molar-refractivity contribution in [2.24, 2.45) is 0 Å². The van der Waals surface area contributed by atoms with Crippen LogP contribution < -0.4 is 10.6 Å². The first kappa shape index (κ1) is 10.5. The third-order valence-corrected chi connectivity index (χ3v) is 2.28. The Morgan fingerprint density at radius 1 is 1.43 bits per heavy atom. The third kappa shape index (κ3) is 3.90. The molecular weight excluding hydrogens is 204 g/mol. The summed E-state index contributed by atoms with van der Waals surface area (Å²) in [7, 11) is 0. The predicted octanol–water partition coefficient (Wildman–Crippen LogP) is 0.632. The molecule has 6 heteroatoms. The zero-order chi connectivity index (χ0) is 10.4. The summed E-state index contributed by atoms with van der Waals surface area (Å²) in [6.45, 7) is 0.0550. The summed E-state index contributed by atoms with van der Waals surface area (Å²) in [4.78, 5) is 22.1. The zero-order valence-electron chi connectivity index (χ0n) is 7.32. The van der Waals surface area contributed by atoms with Crippen LogP contribution in [0.15, 0.2) is 17.5 Å².